The zero-order valence-electron chi connectivity index (χ0n) is 16.4. The Morgan fingerprint density at radius 3 is 2.58 bits per heavy atom. The second-order valence-corrected chi connectivity index (χ2v) is 8.06. The summed E-state index contributed by atoms with van der Waals surface area (Å²) in [6.07, 6.45) is 8.48. The van der Waals surface area contributed by atoms with Crippen molar-refractivity contribution in [3.8, 4) is 5.69 Å². The zero-order chi connectivity index (χ0) is 22.0. The van der Waals surface area contributed by atoms with Gasteiger partial charge in [-0.1, -0.05) is 36.0 Å². The van der Waals surface area contributed by atoms with Gasteiger partial charge in [-0.25, -0.2) is 4.98 Å². The van der Waals surface area contributed by atoms with Gasteiger partial charge in [0.15, 0.2) is 0 Å². The number of carbonyl (C=O) groups is 1. The Morgan fingerprint density at radius 1 is 1.13 bits per heavy atom. The van der Waals surface area contributed by atoms with Gasteiger partial charge in [0.2, 0.25) is 5.95 Å². The van der Waals surface area contributed by atoms with Crippen molar-refractivity contribution < 1.29 is 4.79 Å². The Bertz CT molecular complexity index is 1090. The van der Waals surface area contributed by atoms with Crippen molar-refractivity contribution >= 4 is 46.6 Å². The number of aromatic nitrogens is 5. The summed E-state index contributed by atoms with van der Waals surface area (Å²) in [6.45, 7) is 0. The highest BCUT2D eigenvalue weighted by Crippen LogP contribution is 2.33. The Kier molecular flexibility index (Phi) is 6.21. The van der Waals surface area contributed by atoms with Crippen LogP contribution in [0, 0.1) is 0 Å². The number of anilines is 3. The molecule has 2 heterocycles. The molecule has 0 saturated heterocycles. The fraction of sp³-hybridized carbons (Fsp3) is 0.316. The first-order valence-electron chi connectivity index (χ1n) is 9.74. The minimum Gasteiger partial charge on any atom is -0.365 e. The maximum Gasteiger partial charge on any atom is 0.254 e. The fourth-order valence-corrected chi connectivity index (χ4v) is 3.99. The highest BCUT2D eigenvalue weighted by atomic mass is 35.5. The van der Waals surface area contributed by atoms with Crippen molar-refractivity contribution in [2.24, 2.45) is 11.5 Å². The molecule has 1 fully saturated rings. The third kappa shape index (κ3) is 4.71. The van der Waals surface area contributed by atoms with Gasteiger partial charge in [0.05, 0.1) is 28.1 Å². The van der Waals surface area contributed by atoms with E-state index in [1.807, 2.05) is 0 Å². The van der Waals surface area contributed by atoms with Crippen LogP contribution < -0.4 is 22.1 Å². The second kappa shape index (κ2) is 9.04. The van der Waals surface area contributed by atoms with Crippen molar-refractivity contribution in [3.05, 3.63) is 46.3 Å². The molecular weight excluding hydrogens is 441 g/mol. The van der Waals surface area contributed by atoms with Gasteiger partial charge in [0.1, 0.15) is 17.1 Å². The summed E-state index contributed by atoms with van der Waals surface area (Å²) >= 11 is 12.7. The number of carbonyl (C=O) groups excluding carboxylic acids is 1. The molecule has 2 aromatic heterocycles. The van der Waals surface area contributed by atoms with E-state index in [0.717, 1.165) is 25.7 Å². The lowest BCUT2D eigenvalue weighted by Gasteiger charge is -2.29. The predicted octanol–water partition coefficient (Wildman–Crippen LogP) is 2.89. The van der Waals surface area contributed by atoms with E-state index in [1.165, 1.54) is 23.4 Å². The van der Waals surface area contributed by atoms with E-state index < -0.39 is 5.91 Å². The summed E-state index contributed by atoms with van der Waals surface area (Å²) < 4.78 is 0. The molecule has 1 aromatic carbocycles. The number of nitrogens with zero attached hydrogens (tertiary/aromatic N) is 5. The van der Waals surface area contributed by atoms with Gasteiger partial charge in [-0.3, -0.25) is 4.79 Å². The van der Waals surface area contributed by atoms with Crippen LogP contribution in [-0.4, -0.2) is 43.0 Å². The van der Waals surface area contributed by atoms with Gasteiger partial charge in [0.25, 0.3) is 5.91 Å². The monoisotopic (exact) mass is 461 g/mol. The van der Waals surface area contributed by atoms with Crippen molar-refractivity contribution in [2.45, 2.75) is 37.8 Å². The standard InChI is InChI=1S/C19H21Cl2N9O/c20-11-7-12(21)16(30-25-5-6-26-30)8-15(11)27-18-10(17(23)31)9-24-19(29-18)28-14-4-2-1-3-13(14)22/h5-9,13-14H,1-4,22H2,(H2,23,31)(H2,24,27,28,29)/t13-,14+/m0/s1. The SMILES string of the molecule is NC(=O)c1cnc(N[C@@H]2CCCC[C@@H]2N)nc1Nc1cc(-n2nccn2)c(Cl)cc1Cl. The Hall–Kier alpha value is -2.95. The van der Waals surface area contributed by atoms with Crippen LogP contribution in [0.3, 0.4) is 0 Å². The Morgan fingerprint density at radius 2 is 1.87 bits per heavy atom. The van der Waals surface area contributed by atoms with Crippen molar-refractivity contribution in [3.63, 3.8) is 0 Å². The topological polar surface area (TPSA) is 150 Å². The molecule has 31 heavy (non-hydrogen) atoms. The number of hydrogen-bond donors (Lipinski definition) is 4. The van der Waals surface area contributed by atoms with Crippen LogP contribution in [0.1, 0.15) is 36.0 Å². The first-order chi connectivity index (χ1) is 14.9. The number of halogens is 2. The molecule has 2 atom stereocenters. The molecular formula is C19H21Cl2N9O. The first-order valence-corrected chi connectivity index (χ1v) is 10.5. The normalized spacial score (nSPS) is 18.5. The maximum atomic E-state index is 11.9. The third-order valence-electron chi connectivity index (χ3n) is 5.11. The zero-order valence-corrected chi connectivity index (χ0v) is 17.9. The minimum atomic E-state index is -0.678. The van der Waals surface area contributed by atoms with E-state index in [0.29, 0.717) is 27.4 Å². The van der Waals surface area contributed by atoms with Crippen molar-refractivity contribution in [1.29, 1.82) is 0 Å². The number of nitrogens with one attached hydrogen (secondary N) is 2. The molecule has 12 heteroatoms. The molecule has 0 bridgehead atoms. The van der Waals surface area contributed by atoms with Crippen LogP contribution in [0.4, 0.5) is 17.5 Å². The molecule has 1 aliphatic rings. The summed E-state index contributed by atoms with van der Waals surface area (Å²) in [7, 11) is 0. The molecule has 1 saturated carbocycles. The quantitative estimate of drug-likeness (QED) is 0.437. The van der Waals surface area contributed by atoms with E-state index in [2.05, 4.69) is 30.8 Å². The fourth-order valence-electron chi connectivity index (χ4n) is 3.49. The third-order valence-corrected chi connectivity index (χ3v) is 5.73. The van der Waals surface area contributed by atoms with Crippen LogP contribution in [0.15, 0.2) is 30.7 Å². The number of benzene rings is 1. The smallest absolute Gasteiger partial charge is 0.254 e. The molecule has 1 aliphatic carbocycles. The number of rotatable bonds is 6. The Labute approximate surface area is 188 Å². The Balaban J connectivity index is 1.67. The largest absolute Gasteiger partial charge is 0.365 e. The molecule has 1 amide bonds. The van der Waals surface area contributed by atoms with E-state index in [4.69, 9.17) is 34.7 Å². The van der Waals surface area contributed by atoms with Crippen LogP contribution in [0.2, 0.25) is 10.0 Å². The van der Waals surface area contributed by atoms with E-state index in [1.54, 1.807) is 12.1 Å². The minimum absolute atomic E-state index is 0.0133. The highest BCUT2D eigenvalue weighted by Gasteiger charge is 2.23. The van der Waals surface area contributed by atoms with Crippen LogP contribution in [0.5, 0.6) is 0 Å². The van der Waals surface area contributed by atoms with Gasteiger partial charge in [-0.2, -0.15) is 20.0 Å². The van der Waals surface area contributed by atoms with Gasteiger partial charge >= 0.3 is 0 Å². The van der Waals surface area contributed by atoms with Crippen molar-refractivity contribution in [1.82, 2.24) is 25.0 Å². The number of primary amides is 1. The number of hydrogen-bond acceptors (Lipinski definition) is 8. The molecule has 0 radical (unpaired) electrons. The summed E-state index contributed by atoms with van der Waals surface area (Å²) in [5.74, 6) is -0.130. The molecule has 3 aromatic rings. The number of amides is 1. The molecule has 0 unspecified atom stereocenters. The summed E-state index contributed by atoms with van der Waals surface area (Å²) in [4.78, 5) is 22.0. The van der Waals surface area contributed by atoms with Gasteiger partial charge in [-0.05, 0) is 25.0 Å². The molecule has 162 valence electrons. The second-order valence-electron chi connectivity index (χ2n) is 7.25. The average molecular weight is 462 g/mol. The first kappa shape index (κ1) is 21.3. The van der Waals surface area contributed by atoms with E-state index >= 15 is 0 Å². The predicted molar refractivity (Wildman–Crippen MR) is 119 cm³/mol. The van der Waals surface area contributed by atoms with Crippen LogP contribution >= 0.6 is 23.2 Å². The lowest BCUT2D eigenvalue weighted by molar-refractivity contribution is 0.100. The maximum absolute atomic E-state index is 11.9. The van der Waals surface area contributed by atoms with Crippen molar-refractivity contribution in [2.75, 3.05) is 10.6 Å². The number of nitrogens with two attached hydrogens (primary N) is 2. The molecule has 10 nitrogen and oxygen atoms in total. The lowest BCUT2D eigenvalue weighted by atomic mass is 9.91. The molecule has 0 spiro atoms. The van der Waals surface area contributed by atoms with Crippen LogP contribution in [-0.2, 0) is 0 Å². The van der Waals surface area contributed by atoms with E-state index in [-0.39, 0.29) is 23.5 Å². The van der Waals surface area contributed by atoms with Gasteiger partial charge in [0, 0.05) is 18.3 Å². The summed E-state index contributed by atoms with van der Waals surface area (Å²) in [5.41, 5.74) is 12.8. The molecule has 4 rings (SSSR count). The molecule has 0 aliphatic heterocycles. The lowest BCUT2D eigenvalue weighted by Crippen LogP contribution is -2.43. The summed E-state index contributed by atoms with van der Waals surface area (Å²) in [5, 5.41) is 15.2. The van der Waals surface area contributed by atoms with Gasteiger partial charge in [-0.15, -0.1) is 0 Å². The highest BCUT2D eigenvalue weighted by molar-refractivity contribution is 6.37. The average Bonchev–Trinajstić information content (AvgIpc) is 3.26. The van der Waals surface area contributed by atoms with Crippen LogP contribution in [0.25, 0.3) is 5.69 Å². The summed E-state index contributed by atoms with van der Waals surface area (Å²) in [6, 6.07) is 3.27. The molecule has 6 N–H and O–H groups in total. The van der Waals surface area contributed by atoms with Gasteiger partial charge < -0.3 is 22.1 Å². The van der Waals surface area contributed by atoms with E-state index in [9.17, 15) is 4.79 Å².